The number of aliphatic hydroxyl groups excluding tert-OH is 1. The van der Waals surface area contributed by atoms with Gasteiger partial charge in [-0.2, -0.15) is 5.10 Å². The molecule has 0 spiro atoms. The van der Waals surface area contributed by atoms with E-state index in [1.807, 2.05) is 31.5 Å². The number of hydrogen-bond acceptors (Lipinski definition) is 6. The molecule has 2 heterocycles. The SMILES string of the molecule is CC(C)(C)n1nc([C@H]2CC[C@@H](O)C2)cc1Nc1cncc(C(=O)O)n1. The van der Waals surface area contributed by atoms with E-state index in [2.05, 4.69) is 15.3 Å². The Kier molecular flexibility index (Phi) is 4.47. The topological polar surface area (TPSA) is 113 Å². The van der Waals surface area contributed by atoms with Crippen LogP contribution in [0.4, 0.5) is 11.6 Å². The maximum atomic E-state index is 11.1. The Morgan fingerprint density at radius 3 is 2.68 bits per heavy atom. The summed E-state index contributed by atoms with van der Waals surface area (Å²) in [5.74, 6) is 0.181. The number of anilines is 2. The molecule has 0 bridgehead atoms. The number of hydrogen-bond donors (Lipinski definition) is 3. The lowest BCUT2D eigenvalue weighted by Gasteiger charge is -2.22. The fourth-order valence-electron chi connectivity index (χ4n) is 3.09. The van der Waals surface area contributed by atoms with Gasteiger partial charge in [0, 0.05) is 12.0 Å². The Labute approximate surface area is 145 Å². The van der Waals surface area contributed by atoms with E-state index in [9.17, 15) is 9.90 Å². The standard InChI is InChI=1S/C17H23N5O3/c1-17(2,3)22-15(7-12(21-22)10-4-5-11(23)6-10)20-14-9-18-8-13(19-14)16(24)25/h7-11,23H,4-6H2,1-3H3,(H,19,20)(H,24,25)/t10-,11+/m0/s1. The highest BCUT2D eigenvalue weighted by Gasteiger charge is 2.29. The van der Waals surface area contributed by atoms with Gasteiger partial charge in [-0.3, -0.25) is 4.98 Å². The smallest absolute Gasteiger partial charge is 0.356 e. The van der Waals surface area contributed by atoms with Crippen molar-refractivity contribution in [1.29, 1.82) is 0 Å². The molecule has 0 amide bonds. The number of aromatic carboxylic acids is 1. The van der Waals surface area contributed by atoms with Crippen LogP contribution in [0.5, 0.6) is 0 Å². The first kappa shape index (κ1) is 17.3. The molecular formula is C17H23N5O3. The van der Waals surface area contributed by atoms with Gasteiger partial charge in [-0.25, -0.2) is 14.5 Å². The molecule has 3 rings (SSSR count). The van der Waals surface area contributed by atoms with Crippen LogP contribution in [0.2, 0.25) is 0 Å². The molecule has 25 heavy (non-hydrogen) atoms. The molecule has 0 aliphatic heterocycles. The van der Waals surface area contributed by atoms with Crippen LogP contribution in [0.25, 0.3) is 0 Å². The number of nitrogens with one attached hydrogen (secondary N) is 1. The van der Waals surface area contributed by atoms with Crippen molar-refractivity contribution in [2.75, 3.05) is 5.32 Å². The summed E-state index contributed by atoms with van der Waals surface area (Å²) in [7, 11) is 0. The lowest BCUT2D eigenvalue weighted by molar-refractivity contribution is 0.0690. The van der Waals surface area contributed by atoms with E-state index in [1.165, 1.54) is 12.4 Å². The van der Waals surface area contributed by atoms with E-state index < -0.39 is 5.97 Å². The Hall–Kier alpha value is -2.48. The van der Waals surface area contributed by atoms with Gasteiger partial charge in [-0.15, -0.1) is 0 Å². The van der Waals surface area contributed by atoms with Crippen LogP contribution in [0.1, 0.15) is 62.1 Å². The molecule has 1 saturated carbocycles. The summed E-state index contributed by atoms with van der Waals surface area (Å²) in [6, 6.07) is 1.95. The fourth-order valence-corrected chi connectivity index (χ4v) is 3.09. The normalized spacial score (nSPS) is 20.6. The highest BCUT2D eigenvalue weighted by molar-refractivity contribution is 5.85. The molecule has 1 aliphatic rings. The van der Waals surface area contributed by atoms with Gasteiger partial charge in [0.2, 0.25) is 0 Å². The van der Waals surface area contributed by atoms with E-state index in [1.54, 1.807) is 0 Å². The van der Waals surface area contributed by atoms with Gasteiger partial charge in [0.25, 0.3) is 0 Å². The fraction of sp³-hybridized carbons (Fsp3) is 0.529. The summed E-state index contributed by atoms with van der Waals surface area (Å²) in [5.41, 5.74) is 0.539. The summed E-state index contributed by atoms with van der Waals surface area (Å²) in [6.07, 6.45) is 4.84. The second-order valence-corrected chi connectivity index (χ2v) is 7.42. The highest BCUT2D eigenvalue weighted by atomic mass is 16.4. The van der Waals surface area contributed by atoms with Gasteiger partial charge in [-0.1, -0.05) is 0 Å². The van der Waals surface area contributed by atoms with E-state index in [0.29, 0.717) is 5.82 Å². The Balaban J connectivity index is 1.93. The maximum absolute atomic E-state index is 11.1. The molecule has 1 fully saturated rings. The predicted octanol–water partition coefficient (Wildman–Crippen LogP) is 2.50. The Bertz CT molecular complexity index is 781. The van der Waals surface area contributed by atoms with Gasteiger partial charge in [0.1, 0.15) is 5.82 Å². The zero-order valence-electron chi connectivity index (χ0n) is 14.6. The van der Waals surface area contributed by atoms with Gasteiger partial charge < -0.3 is 15.5 Å². The molecular weight excluding hydrogens is 322 g/mol. The number of aromatic nitrogens is 4. The van der Waals surface area contributed by atoms with Crippen molar-refractivity contribution < 1.29 is 15.0 Å². The average Bonchev–Trinajstić information content (AvgIpc) is 3.13. The van der Waals surface area contributed by atoms with Crippen LogP contribution >= 0.6 is 0 Å². The predicted molar refractivity (Wildman–Crippen MR) is 92.1 cm³/mol. The minimum absolute atomic E-state index is 0.119. The van der Waals surface area contributed by atoms with Gasteiger partial charge >= 0.3 is 5.97 Å². The molecule has 3 N–H and O–H groups in total. The quantitative estimate of drug-likeness (QED) is 0.780. The molecule has 0 radical (unpaired) electrons. The first-order valence-corrected chi connectivity index (χ1v) is 8.35. The van der Waals surface area contributed by atoms with E-state index in [4.69, 9.17) is 10.2 Å². The first-order valence-electron chi connectivity index (χ1n) is 8.35. The van der Waals surface area contributed by atoms with Crippen molar-refractivity contribution in [1.82, 2.24) is 19.7 Å². The van der Waals surface area contributed by atoms with Gasteiger partial charge in [0.15, 0.2) is 11.5 Å². The molecule has 1 aliphatic carbocycles. The molecule has 134 valence electrons. The summed E-state index contributed by atoms with van der Waals surface area (Å²) in [6.45, 7) is 6.12. The number of carboxylic acids is 1. The number of carbonyl (C=O) groups is 1. The molecule has 0 unspecified atom stereocenters. The minimum atomic E-state index is -1.12. The zero-order valence-corrected chi connectivity index (χ0v) is 14.6. The van der Waals surface area contributed by atoms with Crippen molar-refractivity contribution in [3.63, 3.8) is 0 Å². The summed E-state index contributed by atoms with van der Waals surface area (Å²) < 4.78 is 1.86. The van der Waals surface area contributed by atoms with Crippen molar-refractivity contribution in [3.8, 4) is 0 Å². The van der Waals surface area contributed by atoms with Crippen LogP contribution < -0.4 is 5.32 Å². The van der Waals surface area contributed by atoms with Crippen molar-refractivity contribution >= 4 is 17.6 Å². The molecule has 0 aromatic carbocycles. The lowest BCUT2D eigenvalue weighted by Crippen LogP contribution is -2.25. The van der Waals surface area contributed by atoms with Crippen LogP contribution in [0.3, 0.4) is 0 Å². The average molecular weight is 345 g/mol. The van der Waals surface area contributed by atoms with Crippen LogP contribution in [0, 0.1) is 0 Å². The monoisotopic (exact) mass is 345 g/mol. The van der Waals surface area contributed by atoms with Crippen molar-refractivity contribution in [3.05, 3.63) is 29.8 Å². The molecule has 2 aromatic heterocycles. The van der Waals surface area contributed by atoms with Crippen molar-refractivity contribution in [2.45, 2.75) is 57.6 Å². The van der Waals surface area contributed by atoms with Crippen molar-refractivity contribution in [2.24, 2.45) is 0 Å². The molecule has 2 aromatic rings. The second kappa shape index (κ2) is 6.44. The third-order valence-corrected chi connectivity index (χ3v) is 4.30. The largest absolute Gasteiger partial charge is 0.476 e. The summed E-state index contributed by atoms with van der Waals surface area (Å²) >= 11 is 0. The first-order chi connectivity index (χ1) is 11.7. The summed E-state index contributed by atoms with van der Waals surface area (Å²) in [4.78, 5) is 19.0. The summed E-state index contributed by atoms with van der Waals surface area (Å²) in [5, 5.41) is 26.7. The number of carboxylic acid groups (broad SMARTS) is 1. The lowest BCUT2D eigenvalue weighted by atomic mass is 10.0. The zero-order chi connectivity index (χ0) is 18.2. The minimum Gasteiger partial charge on any atom is -0.476 e. The third-order valence-electron chi connectivity index (χ3n) is 4.30. The van der Waals surface area contributed by atoms with Crippen LogP contribution in [-0.2, 0) is 5.54 Å². The molecule has 8 nitrogen and oxygen atoms in total. The van der Waals surface area contributed by atoms with E-state index >= 15 is 0 Å². The maximum Gasteiger partial charge on any atom is 0.356 e. The van der Waals surface area contributed by atoms with Crippen LogP contribution in [0.15, 0.2) is 18.5 Å². The number of rotatable bonds is 4. The molecule has 0 saturated heterocycles. The van der Waals surface area contributed by atoms with Gasteiger partial charge in [0.05, 0.1) is 29.7 Å². The third kappa shape index (κ3) is 3.79. The molecule has 8 heteroatoms. The van der Waals surface area contributed by atoms with Gasteiger partial charge in [-0.05, 0) is 40.0 Å². The number of nitrogens with zero attached hydrogens (tertiary/aromatic N) is 4. The van der Waals surface area contributed by atoms with E-state index in [0.717, 1.165) is 30.8 Å². The number of aliphatic hydroxyl groups is 1. The highest BCUT2D eigenvalue weighted by Crippen LogP contribution is 2.36. The van der Waals surface area contributed by atoms with Crippen LogP contribution in [-0.4, -0.2) is 42.0 Å². The van der Waals surface area contributed by atoms with E-state index in [-0.39, 0.29) is 23.3 Å². The Morgan fingerprint density at radius 2 is 2.08 bits per heavy atom. The Morgan fingerprint density at radius 1 is 1.32 bits per heavy atom. The second-order valence-electron chi connectivity index (χ2n) is 7.42. The molecule has 2 atom stereocenters.